The number of phenols is 1. The number of rotatable bonds is 4. The standard InChI is InChI=1S/C15H22N2O3/c1-3-16-11-5-4-8-17(10-11)15(19)13-7-6-12(20-2)9-14(13)18/h6-7,9,11,16,18H,3-5,8,10H2,1-2H3. The van der Waals surface area contributed by atoms with Crippen LogP contribution in [-0.2, 0) is 0 Å². The molecule has 20 heavy (non-hydrogen) atoms. The van der Waals surface area contributed by atoms with Gasteiger partial charge in [0.05, 0.1) is 12.7 Å². The van der Waals surface area contributed by atoms with Crippen molar-refractivity contribution < 1.29 is 14.6 Å². The number of amides is 1. The quantitative estimate of drug-likeness (QED) is 0.878. The Balaban J connectivity index is 2.10. The molecule has 0 aromatic heterocycles. The summed E-state index contributed by atoms with van der Waals surface area (Å²) >= 11 is 0. The number of aromatic hydroxyl groups is 1. The Hall–Kier alpha value is -1.75. The monoisotopic (exact) mass is 278 g/mol. The fraction of sp³-hybridized carbons (Fsp3) is 0.533. The van der Waals surface area contributed by atoms with E-state index in [4.69, 9.17) is 4.74 Å². The number of likely N-dealkylation sites (tertiary alicyclic amines) is 1. The molecule has 1 unspecified atom stereocenters. The van der Waals surface area contributed by atoms with E-state index in [9.17, 15) is 9.90 Å². The second-order valence-electron chi connectivity index (χ2n) is 5.03. The highest BCUT2D eigenvalue weighted by Gasteiger charge is 2.25. The van der Waals surface area contributed by atoms with Crippen LogP contribution in [0.5, 0.6) is 11.5 Å². The number of methoxy groups -OCH3 is 1. The molecule has 1 amide bonds. The van der Waals surface area contributed by atoms with Crippen molar-refractivity contribution in [1.29, 1.82) is 0 Å². The van der Waals surface area contributed by atoms with Crippen LogP contribution in [0.2, 0.25) is 0 Å². The van der Waals surface area contributed by atoms with E-state index in [0.29, 0.717) is 23.9 Å². The van der Waals surface area contributed by atoms with Crippen molar-refractivity contribution in [3.63, 3.8) is 0 Å². The molecule has 1 heterocycles. The van der Waals surface area contributed by atoms with Gasteiger partial charge in [0.1, 0.15) is 11.5 Å². The smallest absolute Gasteiger partial charge is 0.257 e. The van der Waals surface area contributed by atoms with Gasteiger partial charge in [-0.05, 0) is 31.5 Å². The molecule has 0 radical (unpaired) electrons. The number of likely N-dealkylation sites (N-methyl/N-ethyl adjacent to an activating group) is 1. The zero-order chi connectivity index (χ0) is 14.5. The van der Waals surface area contributed by atoms with Crippen LogP contribution in [0.3, 0.4) is 0 Å². The first-order valence-electron chi connectivity index (χ1n) is 7.05. The summed E-state index contributed by atoms with van der Waals surface area (Å²) in [4.78, 5) is 14.3. The summed E-state index contributed by atoms with van der Waals surface area (Å²) in [6.45, 7) is 4.40. The van der Waals surface area contributed by atoms with Crippen LogP contribution in [0.25, 0.3) is 0 Å². The van der Waals surface area contributed by atoms with Crippen molar-refractivity contribution in [3.8, 4) is 11.5 Å². The molecule has 0 spiro atoms. The summed E-state index contributed by atoms with van der Waals surface area (Å²) in [5, 5.41) is 13.3. The molecule has 1 atom stereocenters. The predicted octanol–water partition coefficient (Wildman–Crippen LogP) is 1.61. The predicted molar refractivity (Wildman–Crippen MR) is 77.3 cm³/mol. The third-order valence-electron chi connectivity index (χ3n) is 3.64. The van der Waals surface area contributed by atoms with Gasteiger partial charge >= 0.3 is 0 Å². The fourth-order valence-electron chi connectivity index (χ4n) is 2.61. The largest absolute Gasteiger partial charge is 0.507 e. The van der Waals surface area contributed by atoms with Gasteiger partial charge in [0, 0.05) is 25.2 Å². The SMILES string of the molecule is CCNC1CCCN(C(=O)c2ccc(OC)cc2O)C1. The number of piperidine rings is 1. The van der Waals surface area contributed by atoms with Crippen molar-refractivity contribution in [3.05, 3.63) is 23.8 Å². The highest BCUT2D eigenvalue weighted by atomic mass is 16.5. The molecule has 1 fully saturated rings. The average molecular weight is 278 g/mol. The molecule has 2 N–H and O–H groups in total. The van der Waals surface area contributed by atoms with Gasteiger partial charge < -0.3 is 20.1 Å². The highest BCUT2D eigenvalue weighted by Crippen LogP contribution is 2.25. The van der Waals surface area contributed by atoms with Crippen molar-refractivity contribution in [2.45, 2.75) is 25.8 Å². The molecular weight excluding hydrogens is 256 g/mol. The molecule has 1 aromatic rings. The van der Waals surface area contributed by atoms with E-state index >= 15 is 0 Å². The Morgan fingerprint density at radius 3 is 3.00 bits per heavy atom. The normalized spacial score (nSPS) is 18.9. The van der Waals surface area contributed by atoms with Gasteiger partial charge in [-0.1, -0.05) is 6.92 Å². The minimum atomic E-state index is -0.118. The maximum atomic E-state index is 12.5. The van der Waals surface area contributed by atoms with E-state index in [1.54, 1.807) is 17.0 Å². The summed E-state index contributed by atoms with van der Waals surface area (Å²) in [6, 6.07) is 5.13. The first kappa shape index (κ1) is 14.7. The second kappa shape index (κ2) is 6.61. The third kappa shape index (κ3) is 3.22. The molecular formula is C15H22N2O3. The minimum Gasteiger partial charge on any atom is -0.507 e. The van der Waals surface area contributed by atoms with Crippen LogP contribution in [0.1, 0.15) is 30.1 Å². The van der Waals surface area contributed by atoms with Crippen LogP contribution >= 0.6 is 0 Å². The number of hydrogen-bond donors (Lipinski definition) is 2. The first-order valence-corrected chi connectivity index (χ1v) is 7.05. The van der Waals surface area contributed by atoms with Crippen LogP contribution in [0, 0.1) is 0 Å². The molecule has 0 aliphatic carbocycles. The number of hydrogen-bond acceptors (Lipinski definition) is 4. The second-order valence-corrected chi connectivity index (χ2v) is 5.03. The zero-order valence-corrected chi connectivity index (χ0v) is 12.1. The molecule has 1 aliphatic heterocycles. The van der Waals surface area contributed by atoms with Crippen molar-refractivity contribution in [2.24, 2.45) is 0 Å². The summed E-state index contributed by atoms with van der Waals surface area (Å²) in [6.07, 6.45) is 2.08. The van der Waals surface area contributed by atoms with Crippen LogP contribution in [0.15, 0.2) is 18.2 Å². The van der Waals surface area contributed by atoms with Crippen molar-refractivity contribution in [2.75, 3.05) is 26.7 Å². The number of carbonyl (C=O) groups excluding carboxylic acids is 1. The lowest BCUT2D eigenvalue weighted by Gasteiger charge is -2.33. The number of benzene rings is 1. The number of carbonyl (C=O) groups is 1. The van der Waals surface area contributed by atoms with E-state index < -0.39 is 0 Å². The summed E-state index contributed by atoms with van der Waals surface area (Å²) < 4.78 is 5.03. The number of nitrogens with one attached hydrogen (secondary N) is 1. The first-order chi connectivity index (χ1) is 9.65. The Morgan fingerprint density at radius 2 is 2.35 bits per heavy atom. The van der Waals surface area contributed by atoms with Crippen molar-refractivity contribution >= 4 is 5.91 Å². The Morgan fingerprint density at radius 1 is 1.55 bits per heavy atom. The van der Waals surface area contributed by atoms with E-state index in [0.717, 1.165) is 25.9 Å². The van der Waals surface area contributed by atoms with Crippen LogP contribution in [-0.4, -0.2) is 48.7 Å². The molecule has 1 aromatic carbocycles. The lowest BCUT2D eigenvalue weighted by atomic mass is 10.0. The highest BCUT2D eigenvalue weighted by molar-refractivity contribution is 5.97. The van der Waals surface area contributed by atoms with E-state index in [-0.39, 0.29) is 11.7 Å². The maximum Gasteiger partial charge on any atom is 0.257 e. The molecule has 5 nitrogen and oxygen atoms in total. The van der Waals surface area contributed by atoms with Gasteiger partial charge in [0.2, 0.25) is 0 Å². The van der Waals surface area contributed by atoms with Crippen LogP contribution < -0.4 is 10.1 Å². The molecule has 5 heteroatoms. The summed E-state index contributed by atoms with van der Waals surface area (Å²) in [5.74, 6) is 0.399. The Kier molecular flexibility index (Phi) is 4.84. The van der Waals surface area contributed by atoms with Crippen LogP contribution in [0.4, 0.5) is 0 Å². The molecule has 1 saturated heterocycles. The van der Waals surface area contributed by atoms with Gasteiger partial charge in [-0.15, -0.1) is 0 Å². The van der Waals surface area contributed by atoms with Gasteiger partial charge in [0.25, 0.3) is 5.91 Å². The van der Waals surface area contributed by atoms with Gasteiger partial charge in [-0.2, -0.15) is 0 Å². The van der Waals surface area contributed by atoms with E-state index in [1.165, 1.54) is 13.2 Å². The lowest BCUT2D eigenvalue weighted by molar-refractivity contribution is 0.0692. The summed E-state index contributed by atoms with van der Waals surface area (Å²) in [7, 11) is 1.53. The number of nitrogens with zero attached hydrogens (tertiary/aromatic N) is 1. The Labute approximate surface area is 119 Å². The summed E-state index contributed by atoms with van der Waals surface area (Å²) in [5.41, 5.74) is 0.336. The molecule has 0 bridgehead atoms. The molecule has 0 saturated carbocycles. The van der Waals surface area contributed by atoms with Crippen molar-refractivity contribution in [1.82, 2.24) is 10.2 Å². The van der Waals surface area contributed by atoms with E-state index in [1.807, 2.05) is 0 Å². The van der Waals surface area contributed by atoms with E-state index in [2.05, 4.69) is 12.2 Å². The number of ether oxygens (including phenoxy) is 1. The van der Waals surface area contributed by atoms with Gasteiger partial charge in [-0.3, -0.25) is 4.79 Å². The van der Waals surface area contributed by atoms with Gasteiger partial charge in [-0.25, -0.2) is 0 Å². The zero-order valence-electron chi connectivity index (χ0n) is 12.1. The Bertz CT molecular complexity index is 474. The number of phenolic OH excluding ortho intramolecular Hbond substituents is 1. The lowest BCUT2D eigenvalue weighted by Crippen LogP contribution is -2.47. The minimum absolute atomic E-state index is 0.0278. The maximum absolute atomic E-state index is 12.5. The molecule has 2 rings (SSSR count). The average Bonchev–Trinajstić information content (AvgIpc) is 2.47. The topological polar surface area (TPSA) is 61.8 Å². The van der Waals surface area contributed by atoms with Gasteiger partial charge in [0.15, 0.2) is 0 Å². The third-order valence-corrected chi connectivity index (χ3v) is 3.64. The fourth-order valence-corrected chi connectivity index (χ4v) is 2.61. The molecule has 1 aliphatic rings. The molecule has 110 valence electrons.